The number of benzene rings is 1. The topological polar surface area (TPSA) is 18.5 Å². The highest BCUT2D eigenvalue weighted by Crippen LogP contribution is 2.13. The van der Waals surface area contributed by atoms with Crippen molar-refractivity contribution in [2.75, 3.05) is 19.6 Å². The molecule has 0 saturated heterocycles. The van der Waals surface area contributed by atoms with Crippen LogP contribution in [0.1, 0.15) is 12.0 Å². The van der Waals surface area contributed by atoms with E-state index in [9.17, 15) is 0 Å². The molecular weight excluding hydrogens is 200 g/mol. The van der Waals surface area contributed by atoms with Gasteiger partial charge in [0.2, 0.25) is 0 Å². The van der Waals surface area contributed by atoms with Crippen molar-refractivity contribution >= 4 is 11.6 Å². The predicted molar refractivity (Wildman–Crippen MR) is 58.0 cm³/mol. The summed E-state index contributed by atoms with van der Waals surface area (Å²) in [5.41, 5.74) is 1.12. The van der Waals surface area contributed by atoms with Crippen molar-refractivity contribution in [3.05, 3.63) is 29.8 Å². The van der Waals surface area contributed by atoms with Gasteiger partial charge in [-0.2, -0.15) is 0 Å². The van der Waals surface area contributed by atoms with Crippen LogP contribution in [-0.2, 0) is 11.3 Å². The first-order valence-electron chi connectivity index (χ1n) is 4.63. The molecule has 0 bridgehead atoms. The quantitative estimate of drug-likeness (QED) is 0.536. The van der Waals surface area contributed by atoms with Crippen molar-refractivity contribution in [1.29, 1.82) is 0 Å². The molecule has 0 aliphatic heterocycles. The van der Waals surface area contributed by atoms with Crippen molar-refractivity contribution < 1.29 is 9.47 Å². The molecule has 0 atom stereocenters. The Balaban J connectivity index is 2.34. The van der Waals surface area contributed by atoms with Crippen LogP contribution in [0.3, 0.4) is 0 Å². The maximum Gasteiger partial charge on any atom is 0.119 e. The summed E-state index contributed by atoms with van der Waals surface area (Å²) in [7, 11) is 1.66. The second-order valence-corrected chi connectivity index (χ2v) is 3.32. The van der Waals surface area contributed by atoms with Crippen molar-refractivity contribution in [3.8, 4) is 5.75 Å². The van der Waals surface area contributed by atoms with Crippen LogP contribution in [0.25, 0.3) is 0 Å². The number of hydrogen-bond donors (Lipinski definition) is 0. The molecule has 3 heteroatoms. The highest BCUT2D eigenvalue weighted by atomic mass is 35.5. The minimum Gasteiger partial charge on any atom is -0.497 e. The lowest BCUT2D eigenvalue weighted by Crippen LogP contribution is -1.96. The van der Waals surface area contributed by atoms with Crippen molar-refractivity contribution in [2.45, 2.75) is 13.0 Å². The van der Waals surface area contributed by atoms with E-state index >= 15 is 0 Å². The number of ether oxygens (including phenoxy) is 2. The number of hydrogen-bond acceptors (Lipinski definition) is 2. The third kappa shape index (κ3) is 3.99. The highest BCUT2D eigenvalue weighted by molar-refractivity contribution is 6.17. The fourth-order valence-electron chi connectivity index (χ4n) is 1.11. The molecule has 0 spiro atoms. The lowest BCUT2D eigenvalue weighted by molar-refractivity contribution is 0.122. The van der Waals surface area contributed by atoms with Gasteiger partial charge in [-0.15, -0.1) is 11.6 Å². The Bertz CT molecular complexity index is 263. The lowest BCUT2D eigenvalue weighted by Gasteiger charge is -2.05. The van der Waals surface area contributed by atoms with Crippen LogP contribution in [0.4, 0.5) is 0 Å². The van der Waals surface area contributed by atoms with Crippen LogP contribution in [0.5, 0.6) is 5.75 Å². The third-order valence-corrected chi connectivity index (χ3v) is 2.09. The Morgan fingerprint density at radius 1 is 1.36 bits per heavy atom. The highest BCUT2D eigenvalue weighted by Gasteiger charge is 1.95. The summed E-state index contributed by atoms with van der Waals surface area (Å²) in [5, 5.41) is 0. The van der Waals surface area contributed by atoms with Crippen molar-refractivity contribution in [2.24, 2.45) is 0 Å². The summed E-state index contributed by atoms with van der Waals surface area (Å²) >= 11 is 5.53. The minimum atomic E-state index is 0.619. The van der Waals surface area contributed by atoms with Gasteiger partial charge in [0.25, 0.3) is 0 Å². The SMILES string of the molecule is COc1cccc(COCCCCl)c1. The first-order chi connectivity index (χ1) is 6.86. The van der Waals surface area contributed by atoms with Gasteiger partial charge in [0.1, 0.15) is 5.75 Å². The van der Waals surface area contributed by atoms with Crippen LogP contribution in [0.15, 0.2) is 24.3 Å². The number of methoxy groups -OCH3 is 1. The zero-order chi connectivity index (χ0) is 10.2. The second kappa shape index (κ2) is 6.68. The summed E-state index contributed by atoms with van der Waals surface area (Å²) in [6.07, 6.45) is 0.894. The molecule has 0 aromatic heterocycles. The Labute approximate surface area is 89.8 Å². The zero-order valence-corrected chi connectivity index (χ0v) is 9.09. The van der Waals surface area contributed by atoms with E-state index in [0.29, 0.717) is 19.1 Å². The van der Waals surface area contributed by atoms with E-state index in [1.807, 2.05) is 24.3 Å². The van der Waals surface area contributed by atoms with Gasteiger partial charge >= 0.3 is 0 Å². The van der Waals surface area contributed by atoms with E-state index in [-0.39, 0.29) is 0 Å². The van der Waals surface area contributed by atoms with Gasteiger partial charge in [-0.3, -0.25) is 0 Å². The van der Waals surface area contributed by atoms with Crippen LogP contribution in [0, 0.1) is 0 Å². The summed E-state index contributed by atoms with van der Waals surface area (Å²) < 4.78 is 10.5. The molecule has 0 amide bonds. The van der Waals surface area contributed by atoms with E-state index < -0.39 is 0 Å². The molecule has 0 heterocycles. The number of halogens is 1. The van der Waals surface area contributed by atoms with Crippen molar-refractivity contribution in [1.82, 2.24) is 0 Å². The molecule has 0 saturated carbocycles. The molecule has 78 valence electrons. The second-order valence-electron chi connectivity index (χ2n) is 2.95. The summed E-state index contributed by atoms with van der Waals surface area (Å²) in [5.74, 6) is 1.52. The van der Waals surface area contributed by atoms with Crippen LogP contribution in [0.2, 0.25) is 0 Å². The summed E-state index contributed by atoms with van der Waals surface area (Å²) in [6, 6.07) is 7.87. The average molecular weight is 215 g/mol. The molecule has 0 fully saturated rings. The molecule has 0 radical (unpaired) electrons. The third-order valence-electron chi connectivity index (χ3n) is 1.83. The number of rotatable bonds is 6. The fraction of sp³-hybridized carbons (Fsp3) is 0.455. The van der Waals surface area contributed by atoms with Gasteiger partial charge < -0.3 is 9.47 Å². The van der Waals surface area contributed by atoms with E-state index in [2.05, 4.69) is 0 Å². The molecule has 2 nitrogen and oxygen atoms in total. The minimum absolute atomic E-state index is 0.619. The molecule has 1 aromatic rings. The Kier molecular flexibility index (Phi) is 5.42. The molecule has 0 N–H and O–H groups in total. The van der Waals surface area contributed by atoms with E-state index in [0.717, 1.165) is 17.7 Å². The fourth-order valence-corrected chi connectivity index (χ4v) is 1.22. The first-order valence-corrected chi connectivity index (χ1v) is 5.17. The van der Waals surface area contributed by atoms with Crippen LogP contribution < -0.4 is 4.74 Å². The van der Waals surface area contributed by atoms with Gasteiger partial charge in [0, 0.05) is 12.5 Å². The molecular formula is C11H15ClO2. The monoisotopic (exact) mass is 214 g/mol. The van der Waals surface area contributed by atoms with Crippen LogP contribution >= 0.6 is 11.6 Å². The van der Waals surface area contributed by atoms with Crippen molar-refractivity contribution in [3.63, 3.8) is 0 Å². The standard InChI is InChI=1S/C11H15ClO2/c1-13-11-5-2-4-10(8-11)9-14-7-3-6-12/h2,4-5,8H,3,6-7,9H2,1H3. The van der Waals surface area contributed by atoms with Gasteiger partial charge in [0.05, 0.1) is 13.7 Å². The van der Waals surface area contributed by atoms with E-state index in [1.54, 1.807) is 7.11 Å². The van der Waals surface area contributed by atoms with Crippen LogP contribution in [-0.4, -0.2) is 19.6 Å². The molecule has 0 aliphatic rings. The number of alkyl halides is 1. The normalized spacial score (nSPS) is 10.1. The Morgan fingerprint density at radius 3 is 2.93 bits per heavy atom. The Hall–Kier alpha value is -0.730. The van der Waals surface area contributed by atoms with Gasteiger partial charge in [0.15, 0.2) is 0 Å². The van der Waals surface area contributed by atoms with E-state index in [4.69, 9.17) is 21.1 Å². The van der Waals surface area contributed by atoms with Gasteiger partial charge in [-0.25, -0.2) is 0 Å². The van der Waals surface area contributed by atoms with E-state index in [1.165, 1.54) is 0 Å². The predicted octanol–water partition coefficient (Wildman–Crippen LogP) is 2.84. The largest absolute Gasteiger partial charge is 0.497 e. The molecule has 14 heavy (non-hydrogen) atoms. The van der Waals surface area contributed by atoms with Gasteiger partial charge in [-0.1, -0.05) is 12.1 Å². The maximum atomic E-state index is 5.53. The average Bonchev–Trinajstić information content (AvgIpc) is 2.25. The maximum absolute atomic E-state index is 5.53. The molecule has 0 aliphatic carbocycles. The smallest absolute Gasteiger partial charge is 0.119 e. The summed E-state index contributed by atoms with van der Waals surface area (Å²) in [4.78, 5) is 0. The Morgan fingerprint density at radius 2 is 2.21 bits per heavy atom. The first kappa shape index (κ1) is 11.3. The molecule has 1 aromatic carbocycles. The summed E-state index contributed by atoms with van der Waals surface area (Å²) in [6.45, 7) is 1.33. The lowest BCUT2D eigenvalue weighted by atomic mass is 10.2. The molecule has 0 unspecified atom stereocenters. The molecule has 1 rings (SSSR count). The van der Waals surface area contributed by atoms with Gasteiger partial charge in [-0.05, 0) is 24.1 Å². The zero-order valence-electron chi connectivity index (χ0n) is 8.33.